The first-order valence-electron chi connectivity index (χ1n) is 12.7. The number of rotatable bonds is 10. The molecule has 5 rings (SSSR count). The molecular weight excluding hydrogens is 496 g/mol. The van der Waals surface area contributed by atoms with Crippen molar-refractivity contribution < 1.29 is 9.66 Å². The Balaban J connectivity index is 1.25. The molecule has 0 aliphatic carbocycles. The van der Waals surface area contributed by atoms with Gasteiger partial charge in [0.25, 0.3) is 5.69 Å². The Bertz CT molecular complexity index is 1420. The average molecular weight is 525 g/mol. The van der Waals surface area contributed by atoms with E-state index in [0.29, 0.717) is 23.6 Å². The molecule has 1 aliphatic heterocycles. The predicted molar refractivity (Wildman–Crippen MR) is 151 cm³/mol. The Morgan fingerprint density at radius 1 is 0.923 bits per heavy atom. The van der Waals surface area contributed by atoms with Gasteiger partial charge in [0, 0.05) is 30.9 Å². The lowest BCUT2D eigenvalue weighted by Gasteiger charge is -2.26. The van der Waals surface area contributed by atoms with Crippen molar-refractivity contribution in [3.8, 4) is 5.75 Å². The Hall–Kier alpha value is -5.06. The van der Waals surface area contributed by atoms with Gasteiger partial charge in [0.1, 0.15) is 12.4 Å². The number of nitrogens with zero attached hydrogens (tertiary/aromatic N) is 6. The second kappa shape index (κ2) is 12.5. The standard InChI is InChI=1S/C28H28N8O3/c37-36(38)24-14-12-21(13-15-24)20-39-25-11-7-8-22(18-25)19-29-34-27-31-26(30-23-9-3-1-4-10-23)32-28(33-27)35-16-5-2-6-17-35/h1,3-4,7-15,18-19H,2,5-6,16-17,20H2,(H2,30,31,32,33,34). The fourth-order valence-electron chi connectivity index (χ4n) is 4.09. The molecule has 0 unspecified atom stereocenters. The smallest absolute Gasteiger partial charge is 0.269 e. The van der Waals surface area contributed by atoms with Gasteiger partial charge in [-0.3, -0.25) is 10.1 Å². The maximum Gasteiger partial charge on any atom is 0.269 e. The molecule has 3 aromatic carbocycles. The summed E-state index contributed by atoms with van der Waals surface area (Å²) in [5.74, 6) is 2.05. The molecule has 2 heterocycles. The van der Waals surface area contributed by atoms with Gasteiger partial charge in [-0.1, -0.05) is 30.3 Å². The van der Waals surface area contributed by atoms with Gasteiger partial charge < -0.3 is 15.0 Å². The van der Waals surface area contributed by atoms with Crippen molar-refractivity contribution in [1.82, 2.24) is 15.0 Å². The van der Waals surface area contributed by atoms with Gasteiger partial charge in [-0.05, 0) is 66.8 Å². The molecular formula is C28H28N8O3. The molecule has 11 heteroatoms. The number of ether oxygens (including phenoxy) is 1. The highest BCUT2D eigenvalue weighted by Gasteiger charge is 2.16. The summed E-state index contributed by atoms with van der Waals surface area (Å²) in [6, 6.07) is 23.5. The third-order valence-electron chi connectivity index (χ3n) is 6.08. The summed E-state index contributed by atoms with van der Waals surface area (Å²) in [6.07, 6.45) is 5.09. The molecule has 11 nitrogen and oxygen atoms in total. The van der Waals surface area contributed by atoms with Crippen molar-refractivity contribution in [3.05, 3.63) is 100 Å². The first-order valence-corrected chi connectivity index (χ1v) is 12.7. The van der Waals surface area contributed by atoms with Gasteiger partial charge in [0.15, 0.2) is 0 Å². The van der Waals surface area contributed by atoms with Crippen LogP contribution in [0.2, 0.25) is 0 Å². The van der Waals surface area contributed by atoms with Gasteiger partial charge in [-0.25, -0.2) is 5.43 Å². The largest absolute Gasteiger partial charge is 0.489 e. The highest BCUT2D eigenvalue weighted by Crippen LogP contribution is 2.21. The van der Waals surface area contributed by atoms with E-state index < -0.39 is 4.92 Å². The number of hydrogen-bond acceptors (Lipinski definition) is 10. The number of anilines is 4. The molecule has 1 fully saturated rings. The molecule has 1 aromatic heterocycles. The van der Waals surface area contributed by atoms with Crippen molar-refractivity contribution in [2.45, 2.75) is 25.9 Å². The first kappa shape index (κ1) is 25.6. The van der Waals surface area contributed by atoms with E-state index in [4.69, 9.17) is 4.74 Å². The number of nitrogens with one attached hydrogen (secondary N) is 2. The molecule has 198 valence electrons. The fraction of sp³-hybridized carbons (Fsp3) is 0.214. The van der Waals surface area contributed by atoms with Crippen molar-refractivity contribution in [1.29, 1.82) is 0 Å². The van der Waals surface area contributed by atoms with E-state index in [1.165, 1.54) is 18.6 Å². The second-order valence-electron chi connectivity index (χ2n) is 8.98. The molecule has 0 bridgehead atoms. The zero-order chi connectivity index (χ0) is 26.9. The number of non-ortho nitro benzene ring substituents is 1. The maximum atomic E-state index is 10.8. The van der Waals surface area contributed by atoms with E-state index in [1.807, 2.05) is 54.6 Å². The molecule has 0 spiro atoms. The predicted octanol–water partition coefficient (Wildman–Crippen LogP) is 5.54. The monoisotopic (exact) mass is 524 g/mol. The molecule has 0 atom stereocenters. The van der Waals surface area contributed by atoms with Crippen molar-refractivity contribution in [3.63, 3.8) is 0 Å². The molecule has 4 aromatic rings. The topological polar surface area (TPSA) is 131 Å². The molecule has 0 saturated carbocycles. The SMILES string of the molecule is O=[N+]([O-])c1ccc(COc2cccc(C=NNc3nc(Nc4ccccc4)nc(N4CCCCC4)n3)c2)cc1. The van der Waals surface area contributed by atoms with E-state index in [9.17, 15) is 10.1 Å². The fourth-order valence-corrected chi connectivity index (χ4v) is 4.09. The average Bonchev–Trinajstić information content (AvgIpc) is 2.97. The number of piperidine rings is 1. The summed E-state index contributed by atoms with van der Waals surface area (Å²) >= 11 is 0. The summed E-state index contributed by atoms with van der Waals surface area (Å²) < 4.78 is 5.85. The van der Waals surface area contributed by atoms with Crippen molar-refractivity contribution in [2.24, 2.45) is 5.10 Å². The van der Waals surface area contributed by atoms with Gasteiger partial charge in [0.05, 0.1) is 11.1 Å². The highest BCUT2D eigenvalue weighted by atomic mass is 16.6. The van der Waals surface area contributed by atoms with Gasteiger partial charge in [-0.15, -0.1) is 0 Å². The lowest BCUT2D eigenvalue weighted by Crippen LogP contribution is -2.31. The number of nitro groups is 1. The Morgan fingerprint density at radius 3 is 2.46 bits per heavy atom. The molecule has 1 saturated heterocycles. The third-order valence-corrected chi connectivity index (χ3v) is 6.08. The van der Waals surface area contributed by atoms with Crippen molar-refractivity contribution >= 4 is 35.4 Å². The summed E-state index contributed by atoms with van der Waals surface area (Å²) in [5.41, 5.74) is 5.52. The van der Waals surface area contributed by atoms with E-state index in [2.05, 4.69) is 35.7 Å². The minimum absolute atomic E-state index is 0.0497. The summed E-state index contributed by atoms with van der Waals surface area (Å²) in [5, 5.41) is 18.4. The van der Waals surface area contributed by atoms with E-state index in [0.717, 1.165) is 42.7 Å². The van der Waals surface area contributed by atoms with Crippen LogP contribution in [0.1, 0.15) is 30.4 Å². The molecule has 0 amide bonds. The molecule has 2 N–H and O–H groups in total. The Kier molecular flexibility index (Phi) is 8.17. The zero-order valence-electron chi connectivity index (χ0n) is 21.2. The molecule has 39 heavy (non-hydrogen) atoms. The second-order valence-corrected chi connectivity index (χ2v) is 8.98. The highest BCUT2D eigenvalue weighted by molar-refractivity contribution is 5.80. The van der Waals surface area contributed by atoms with Crippen LogP contribution in [-0.2, 0) is 6.61 Å². The normalized spacial score (nSPS) is 13.3. The Morgan fingerprint density at radius 2 is 1.69 bits per heavy atom. The van der Waals surface area contributed by atoms with Crippen LogP contribution in [0.3, 0.4) is 0 Å². The lowest BCUT2D eigenvalue weighted by atomic mass is 10.1. The van der Waals surface area contributed by atoms with E-state index >= 15 is 0 Å². The zero-order valence-corrected chi connectivity index (χ0v) is 21.2. The van der Waals surface area contributed by atoms with Gasteiger partial charge in [-0.2, -0.15) is 20.1 Å². The van der Waals surface area contributed by atoms with Crippen LogP contribution in [0, 0.1) is 10.1 Å². The number of aromatic nitrogens is 3. The minimum atomic E-state index is -0.423. The number of hydrazone groups is 1. The summed E-state index contributed by atoms with van der Waals surface area (Å²) in [6.45, 7) is 2.10. The van der Waals surface area contributed by atoms with Gasteiger partial charge >= 0.3 is 0 Å². The van der Waals surface area contributed by atoms with Crippen LogP contribution in [0.5, 0.6) is 5.75 Å². The van der Waals surface area contributed by atoms with Crippen LogP contribution >= 0.6 is 0 Å². The molecule has 1 aliphatic rings. The molecule has 0 radical (unpaired) electrons. The van der Waals surface area contributed by atoms with Crippen molar-refractivity contribution in [2.75, 3.05) is 28.7 Å². The first-order chi connectivity index (χ1) is 19.1. The summed E-state index contributed by atoms with van der Waals surface area (Å²) in [4.78, 5) is 26.3. The third kappa shape index (κ3) is 7.25. The lowest BCUT2D eigenvalue weighted by molar-refractivity contribution is -0.384. The number of benzene rings is 3. The van der Waals surface area contributed by atoms with Crippen LogP contribution < -0.4 is 20.4 Å². The Labute approximate surface area is 225 Å². The summed E-state index contributed by atoms with van der Waals surface area (Å²) in [7, 11) is 0. The number of hydrogen-bond donors (Lipinski definition) is 2. The number of para-hydroxylation sites is 1. The van der Waals surface area contributed by atoms with Gasteiger partial charge in [0.2, 0.25) is 17.8 Å². The van der Waals surface area contributed by atoms with Crippen LogP contribution in [0.25, 0.3) is 0 Å². The minimum Gasteiger partial charge on any atom is -0.489 e. The van der Waals surface area contributed by atoms with Crippen LogP contribution in [0.15, 0.2) is 84.0 Å². The van der Waals surface area contributed by atoms with E-state index in [1.54, 1.807) is 18.3 Å². The maximum absolute atomic E-state index is 10.8. The van der Waals surface area contributed by atoms with Crippen LogP contribution in [-0.4, -0.2) is 39.2 Å². The number of nitro benzene ring substituents is 1. The van der Waals surface area contributed by atoms with E-state index in [-0.39, 0.29) is 12.3 Å². The quantitative estimate of drug-likeness (QED) is 0.156. The van der Waals surface area contributed by atoms with Crippen LogP contribution in [0.4, 0.5) is 29.2 Å².